The van der Waals surface area contributed by atoms with Crippen LogP contribution in [0.15, 0.2) is 54.6 Å². The SMILES string of the molecule is Cc1nn(-c2ccccc2)c(Oc2cccc(F)c2)c1CN(C[C@@H](O)COC(C)C)C(C)C. The second kappa shape index (κ2) is 11.4. The number of hydrogen-bond acceptors (Lipinski definition) is 5. The molecular formula is C26H34FN3O3. The summed E-state index contributed by atoms with van der Waals surface area (Å²) < 4.78 is 27.4. The lowest BCUT2D eigenvalue weighted by molar-refractivity contribution is -0.0137. The molecule has 1 atom stereocenters. The molecule has 0 radical (unpaired) electrons. The quantitative estimate of drug-likeness (QED) is 0.435. The van der Waals surface area contributed by atoms with Crippen molar-refractivity contribution in [2.24, 2.45) is 0 Å². The highest BCUT2D eigenvalue weighted by molar-refractivity contribution is 5.43. The van der Waals surface area contributed by atoms with Crippen molar-refractivity contribution in [1.82, 2.24) is 14.7 Å². The summed E-state index contributed by atoms with van der Waals surface area (Å²) in [6, 6.07) is 15.9. The molecule has 0 bridgehead atoms. The topological polar surface area (TPSA) is 59.8 Å². The first kappa shape index (κ1) is 24.9. The molecule has 3 rings (SSSR count). The van der Waals surface area contributed by atoms with Gasteiger partial charge in [-0.25, -0.2) is 9.07 Å². The molecule has 0 spiro atoms. The monoisotopic (exact) mass is 455 g/mol. The fourth-order valence-corrected chi connectivity index (χ4v) is 3.50. The van der Waals surface area contributed by atoms with Crippen LogP contribution in [-0.4, -0.2) is 51.2 Å². The second-order valence-corrected chi connectivity index (χ2v) is 8.74. The standard InChI is InChI=1S/C26H34FN3O3/c1-18(2)29(15-23(31)17-32-19(3)4)16-25-20(5)28-30(22-11-7-6-8-12-22)26(25)33-24-13-9-10-21(27)14-24/h6-14,18-19,23,31H,15-17H2,1-5H3/t23-/m1/s1. The van der Waals surface area contributed by atoms with E-state index in [0.717, 1.165) is 16.9 Å². The minimum absolute atomic E-state index is 0.0600. The number of hydrogen-bond donors (Lipinski definition) is 1. The van der Waals surface area contributed by atoms with Crippen molar-refractivity contribution in [2.75, 3.05) is 13.2 Å². The fourth-order valence-electron chi connectivity index (χ4n) is 3.50. The van der Waals surface area contributed by atoms with Crippen LogP contribution in [0.25, 0.3) is 5.69 Å². The Labute approximate surface area is 195 Å². The number of aryl methyl sites for hydroxylation is 1. The number of rotatable bonds is 11. The third-order valence-electron chi connectivity index (χ3n) is 5.31. The first-order chi connectivity index (χ1) is 15.7. The van der Waals surface area contributed by atoms with Crippen LogP contribution in [0, 0.1) is 12.7 Å². The summed E-state index contributed by atoms with van der Waals surface area (Å²) >= 11 is 0. The summed E-state index contributed by atoms with van der Waals surface area (Å²) in [5.41, 5.74) is 2.54. The van der Waals surface area contributed by atoms with E-state index in [2.05, 4.69) is 18.7 Å². The van der Waals surface area contributed by atoms with Crippen LogP contribution in [-0.2, 0) is 11.3 Å². The lowest BCUT2D eigenvalue weighted by Crippen LogP contribution is -2.39. The number of aliphatic hydroxyl groups excluding tert-OH is 1. The Bertz CT molecular complexity index is 1020. The fraction of sp³-hybridized carbons (Fsp3) is 0.423. The zero-order valence-electron chi connectivity index (χ0n) is 20.0. The third kappa shape index (κ3) is 6.87. The van der Waals surface area contributed by atoms with Crippen LogP contribution in [0.2, 0.25) is 0 Å². The molecule has 0 saturated carbocycles. The van der Waals surface area contributed by atoms with Gasteiger partial charge in [-0.15, -0.1) is 0 Å². The number of nitrogens with zero attached hydrogens (tertiary/aromatic N) is 3. The van der Waals surface area contributed by atoms with E-state index in [4.69, 9.17) is 14.6 Å². The Morgan fingerprint density at radius 1 is 1.06 bits per heavy atom. The van der Waals surface area contributed by atoms with Gasteiger partial charge in [-0.2, -0.15) is 5.10 Å². The summed E-state index contributed by atoms with van der Waals surface area (Å²) in [6.45, 7) is 11.2. The summed E-state index contributed by atoms with van der Waals surface area (Å²) in [6.07, 6.45) is -0.559. The Hall–Kier alpha value is -2.74. The van der Waals surface area contributed by atoms with Gasteiger partial charge in [0, 0.05) is 25.2 Å². The van der Waals surface area contributed by atoms with Crippen molar-refractivity contribution in [2.45, 2.75) is 59.4 Å². The summed E-state index contributed by atoms with van der Waals surface area (Å²) in [5, 5.41) is 15.3. The van der Waals surface area contributed by atoms with Gasteiger partial charge in [0.15, 0.2) is 0 Å². The molecule has 1 aromatic heterocycles. The van der Waals surface area contributed by atoms with Crippen molar-refractivity contribution < 1.29 is 19.0 Å². The molecule has 6 nitrogen and oxygen atoms in total. The molecule has 1 N–H and O–H groups in total. The molecule has 178 valence electrons. The van der Waals surface area contributed by atoms with Gasteiger partial charge >= 0.3 is 0 Å². The molecule has 0 fully saturated rings. The first-order valence-corrected chi connectivity index (χ1v) is 11.4. The molecule has 33 heavy (non-hydrogen) atoms. The Balaban J connectivity index is 1.94. The lowest BCUT2D eigenvalue weighted by atomic mass is 10.2. The molecule has 1 heterocycles. The normalized spacial score (nSPS) is 12.7. The minimum atomic E-state index is -0.619. The predicted molar refractivity (Wildman–Crippen MR) is 127 cm³/mol. The van der Waals surface area contributed by atoms with Crippen LogP contribution in [0.3, 0.4) is 0 Å². The number of para-hydroxylation sites is 1. The number of aromatic nitrogens is 2. The zero-order valence-corrected chi connectivity index (χ0v) is 20.0. The van der Waals surface area contributed by atoms with E-state index < -0.39 is 6.10 Å². The van der Waals surface area contributed by atoms with Crippen LogP contribution in [0.4, 0.5) is 4.39 Å². The number of benzene rings is 2. The van der Waals surface area contributed by atoms with Crippen molar-refractivity contribution in [3.8, 4) is 17.3 Å². The lowest BCUT2D eigenvalue weighted by Gasteiger charge is -2.29. The molecule has 0 aliphatic heterocycles. The highest BCUT2D eigenvalue weighted by atomic mass is 19.1. The van der Waals surface area contributed by atoms with E-state index in [-0.39, 0.29) is 24.6 Å². The van der Waals surface area contributed by atoms with Gasteiger partial charge in [-0.3, -0.25) is 4.90 Å². The van der Waals surface area contributed by atoms with Gasteiger partial charge in [0.05, 0.1) is 35.8 Å². The van der Waals surface area contributed by atoms with E-state index in [1.54, 1.807) is 16.8 Å². The minimum Gasteiger partial charge on any atom is -0.438 e. The molecule has 2 aromatic carbocycles. The van der Waals surface area contributed by atoms with Crippen LogP contribution in [0.5, 0.6) is 11.6 Å². The van der Waals surface area contributed by atoms with Gasteiger partial charge in [-0.1, -0.05) is 24.3 Å². The average molecular weight is 456 g/mol. The molecule has 0 unspecified atom stereocenters. The van der Waals surface area contributed by atoms with Crippen molar-refractivity contribution in [3.05, 3.63) is 71.7 Å². The predicted octanol–water partition coefficient (Wildman–Crippen LogP) is 5.11. The molecule has 0 aliphatic carbocycles. The largest absolute Gasteiger partial charge is 0.438 e. The Morgan fingerprint density at radius 3 is 2.42 bits per heavy atom. The first-order valence-electron chi connectivity index (χ1n) is 11.4. The zero-order chi connectivity index (χ0) is 24.0. The van der Waals surface area contributed by atoms with Gasteiger partial charge in [0.2, 0.25) is 5.88 Å². The Morgan fingerprint density at radius 2 is 1.79 bits per heavy atom. The Kier molecular flexibility index (Phi) is 8.61. The van der Waals surface area contributed by atoms with E-state index in [9.17, 15) is 9.50 Å². The van der Waals surface area contributed by atoms with E-state index in [1.807, 2.05) is 51.1 Å². The van der Waals surface area contributed by atoms with E-state index in [0.29, 0.717) is 24.7 Å². The number of aliphatic hydroxyl groups is 1. The van der Waals surface area contributed by atoms with Crippen LogP contribution < -0.4 is 4.74 Å². The molecule has 7 heteroatoms. The van der Waals surface area contributed by atoms with Gasteiger partial charge in [0.1, 0.15) is 11.6 Å². The summed E-state index contributed by atoms with van der Waals surface area (Å²) in [5.74, 6) is 0.561. The molecule has 3 aromatic rings. The summed E-state index contributed by atoms with van der Waals surface area (Å²) in [4.78, 5) is 2.16. The average Bonchev–Trinajstić information content (AvgIpc) is 3.07. The molecule has 0 aliphatic rings. The maximum atomic E-state index is 13.8. The van der Waals surface area contributed by atoms with Crippen molar-refractivity contribution in [3.63, 3.8) is 0 Å². The molecule has 0 saturated heterocycles. The highest BCUT2D eigenvalue weighted by Crippen LogP contribution is 2.32. The van der Waals surface area contributed by atoms with Gasteiger partial charge in [-0.05, 0) is 58.9 Å². The number of ether oxygens (including phenoxy) is 2. The smallest absolute Gasteiger partial charge is 0.227 e. The van der Waals surface area contributed by atoms with Gasteiger partial charge < -0.3 is 14.6 Å². The van der Waals surface area contributed by atoms with Crippen LogP contribution >= 0.6 is 0 Å². The van der Waals surface area contributed by atoms with Crippen LogP contribution in [0.1, 0.15) is 39.0 Å². The number of halogens is 1. The van der Waals surface area contributed by atoms with E-state index >= 15 is 0 Å². The summed E-state index contributed by atoms with van der Waals surface area (Å²) in [7, 11) is 0. The van der Waals surface area contributed by atoms with Gasteiger partial charge in [0.25, 0.3) is 0 Å². The highest BCUT2D eigenvalue weighted by Gasteiger charge is 2.24. The maximum absolute atomic E-state index is 13.8. The molecular weight excluding hydrogens is 421 g/mol. The van der Waals surface area contributed by atoms with Crippen molar-refractivity contribution >= 4 is 0 Å². The third-order valence-corrected chi connectivity index (χ3v) is 5.31. The van der Waals surface area contributed by atoms with Crippen molar-refractivity contribution in [1.29, 1.82) is 0 Å². The molecule has 0 amide bonds. The van der Waals surface area contributed by atoms with E-state index in [1.165, 1.54) is 12.1 Å². The maximum Gasteiger partial charge on any atom is 0.227 e. The second-order valence-electron chi connectivity index (χ2n) is 8.74.